The van der Waals surface area contributed by atoms with Gasteiger partial charge in [-0.15, -0.1) is 0 Å². The van der Waals surface area contributed by atoms with E-state index in [2.05, 4.69) is 29.7 Å². The van der Waals surface area contributed by atoms with Gasteiger partial charge in [0, 0.05) is 19.5 Å². The van der Waals surface area contributed by atoms with E-state index >= 15 is 0 Å². The molecule has 2 aromatic rings. The first-order valence-electron chi connectivity index (χ1n) is 7.76. The summed E-state index contributed by atoms with van der Waals surface area (Å²) < 4.78 is 0. The summed E-state index contributed by atoms with van der Waals surface area (Å²) in [7, 11) is 0. The average Bonchev–Trinajstić information content (AvgIpc) is 2.54. The first-order valence-corrected chi connectivity index (χ1v) is 7.76. The predicted molar refractivity (Wildman–Crippen MR) is 90.5 cm³/mol. The SMILES string of the molecule is Cc1ccccc1CNCCC(=O)NC(C)c1ccccc1. The van der Waals surface area contributed by atoms with Gasteiger partial charge in [-0.05, 0) is 30.5 Å². The lowest BCUT2D eigenvalue weighted by Gasteiger charge is -2.14. The Balaban J connectivity index is 1.69. The zero-order valence-electron chi connectivity index (χ0n) is 13.3. The normalized spacial score (nSPS) is 11.9. The van der Waals surface area contributed by atoms with Gasteiger partial charge in [-0.25, -0.2) is 0 Å². The van der Waals surface area contributed by atoms with Crippen LogP contribution < -0.4 is 10.6 Å². The highest BCUT2D eigenvalue weighted by Crippen LogP contribution is 2.11. The Kier molecular flexibility index (Phi) is 6.16. The molecule has 0 saturated heterocycles. The number of nitrogens with one attached hydrogen (secondary N) is 2. The van der Waals surface area contributed by atoms with Crippen LogP contribution in [0.25, 0.3) is 0 Å². The molecule has 116 valence electrons. The van der Waals surface area contributed by atoms with Crippen LogP contribution in [0.15, 0.2) is 54.6 Å². The number of carbonyl (C=O) groups excluding carboxylic acids is 1. The third kappa shape index (κ3) is 5.01. The van der Waals surface area contributed by atoms with E-state index < -0.39 is 0 Å². The minimum atomic E-state index is 0.0464. The molecule has 0 aromatic heterocycles. The molecule has 0 saturated carbocycles. The highest BCUT2D eigenvalue weighted by Gasteiger charge is 2.08. The van der Waals surface area contributed by atoms with E-state index in [4.69, 9.17) is 0 Å². The maximum atomic E-state index is 12.0. The molecule has 0 radical (unpaired) electrons. The van der Waals surface area contributed by atoms with Gasteiger partial charge < -0.3 is 10.6 Å². The summed E-state index contributed by atoms with van der Waals surface area (Å²) >= 11 is 0. The molecule has 2 rings (SSSR count). The maximum absolute atomic E-state index is 12.0. The summed E-state index contributed by atoms with van der Waals surface area (Å²) in [6.07, 6.45) is 0.489. The zero-order chi connectivity index (χ0) is 15.8. The lowest BCUT2D eigenvalue weighted by molar-refractivity contribution is -0.121. The van der Waals surface area contributed by atoms with Gasteiger partial charge in [0.25, 0.3) is 0 Å². The van der Waals surface area contributed by atoms with Crippen molar-refractivity contribution in [3.05, 3.63) is 71.3 Å². The number of hydrogen-bond donors (Lipinski definition) is 2. The monoisotopic (exact) mass is 296 g/mol. The molecule has 1 atom stereocenters. The molecular weight excluding hydrogens is 272 g/mol. The molecule has 0 bridgehead atoms. The average molecular weight is 296 g/mol. The Labute approximate surface area is 132 Å². The van der Waals surface area contributed by atoms with Crippen molar-refractivity contribution in [3.8, 4) is 0 Å². The van der Waals surface area contributed by atoms with Crippen LogP contribution in [0.4, 0.5) is 0 Å². The molecule has 2 aromatic carbocycles. The Morgan fingerprint density at radius 2 is 1.73 bits per heavy atom. The number of amides is 1. The lowest BCUT2D eigenvalue weighted by Crippen LogP contribution is -2.29. The quantitative estimate of drug-likeness (QED) is 0.769. The summed E-state index contributed by atoms with van der Waals surface area (Å²) in [5, 5.41) is 6.35. The fourth-order valence-corrected chi connectivity index (χ4v) is 2.37. The number of hydrogen-bond acceptors (Lipinski definition) is 2. The molecule has 3 heteroatoms. The summed E-state index contributed by atoms with van der Waals surface area (Å²) in [4.78, 5) is 12.0. The van der Waals surface area contributed by atoms with E-state index in [1.165, 1.54) is 11.1 Å². The van der Waals surface area contributed by atoms with Gasteiger partial charge in [0.2, 0.25) is 5.91 Å². The van der Waals surface area contributed by atoms with Crippen molar-refractivity contribution < 1.29 is 4.79 Å². The standard InChI is InChI=1S/C19H24N2O/c1-15-8-6-7-11-18(15)14-20-13-12-19(22)21-16(2)17-9-4-3-5-10-17/h3-11,16,20H,12-14H2,1-2H3,(H,21,22). The summed E-state index contributed by atoms with van der Waals surface area (Å²) in [6, 6.07) is 18.4. The minimum Gasteiger partial charge on any atom is -0.350 e. The van der Waals surface area contributed by atoms with Crippen molar-refractivity contribution in [1.29, 1.82) is 0 Å². The first kappa shape index (κ1) is 16.2. The van der Waals surface area contributed by atoms with Crippen LogP contribution >= 0.6 is 0 Å². The van der Waals surface area contributed by atoms with Gasteiger partial charge in [0.1, 0.15) is 0 Å². The molecule has 0 aliphatic carbocycles. The van der Waals surface area contributed by atoms with Crippen LogP contribution in [-0.4, -0.2) is 12.5 Å². The van der Waals surface area contributed by atoms with Crippen molar-refractivity contribution >= 4 is 5.91 Å². The van der Waals surface area contributed by atoms with Crippen LogP contribution in [0, 0.1) is 6.92 Å². The van der Waals surface area contributed by atoms with E-state index in [-0.39, 0.29) is 11.9 Å². The molecular formula is C19H24N2O. The van der Waals surface area contributed by atoms with Gasteiger partial charge in [0.15, 0.2) is 0 Å². The third-order valence-electron chi connectivity index (χ3n) is 3.78. The molecule has 22 heavy (non-hydrogen) atoms. The Morgan fingerprint density at radius 1 is 1.05 bits per heavy atom. The van der Waals surface area contributed by atoms with Gasteiger partial charge in [-0.2, -0.15) is 0 Å². The van der Waals surface area contributed by atoms with Crippen LogP contribution in [0.5, 0.6) is 0 Å². The number of carbonyl (C=O) groups is 1. The van der Waals surface area contributed by atoms with Crippen molar-refractivity contribution in [2.45, 2.75) is 32.9 Å². The smallest absolute Gasteiger partial charge is 0.221 e. The molecule has 3 nitrogen and oxygen atoms in total. The van der Waals surface area contributed by atoms with Gasteiger partial charge in [-0.1, -0.05) is 54.6 Å². The topological polar surface area (TPSA) is 41.1 Å². The third-order valence-corrected chi connectivity index (χ3v) is 3.78. The molecule has 1 amide bonds. The van der Waals surface area contributed by atoms with Crippen molar-refractivity contribution in [2.24, 2.45) is 0 Å². The second-order valence-corrected chi connectivity index (χ2v) is 5.55. The largest absolute Gasteiger partial charge is 0.350 e. The Hall–Kier alpha value is -2.13. The highest BCUT2D eigenvalue weighted by atomic mass is 16.1. The zero-order valence-corrected chi connectivity index (χ0v) is 13.3. The lowest BCUT2D eigenvalue weighted by atomic mass is 10.1. The molecule has 1 unspecified atom stereocenters. The molecule has 0 aliphatic heterocycles. The van der Waals surface area contributed by atoms with Gasteiger partial charge >= 0.3 is 0 Å². The van der Waals surface area contributed by atoms with Crippen molar-refractivity contribution in [1.82, 2.24) is 10.6 Å². The second-order valence-electron chi connectivity index (χ2n) is 5.55. The predicted octanol–water partition coefficient (Wildman–Crippen LogP) is 3.35. The van der Waals surface area contributed by atoms with Crippen molar-refractivity contribution in [3.63, 3.8) is 0 Å². The van der Waals surface area contributed by atoms with E-state index in [9.17, 15) is 4.79 Å². The van der Waals surface area contributed by atoms with E-state index in [0.717, 1.165) is 12.1 Å². The second kappa shape index (κ2) is 8.35. The number of aryl methyl sites for hydroxylation is 1. The maximum Gasteiger partial charge on any atom is 0.221 e. The van der Waals surface area contributed by atoms with Crippen molar-refractivity contribution in [2.75, 3.05) is 6.54 Å². The Morgan fingerprint density at radius 3 is 2.45 bits per heavy atom. The van der Waals surface area contributed by atoms with E-state index in [1.54, 1.807) is 0 Å². The van der Waals surface area contributed by atoms with Crippen LogP contribution in [0.1, 0.15) is 36.1 Å². The Bertz CT molecular complexity index is 595. The fraction of sp³-hybridized carbons (Fsp3) is 0.316. The minimum absolute atomic E-state index is 0.0464. The van der Waals surface area contributed by atoms with Crippen LogP contribution in [0.3, 0.4) is 0 Å². The summed E-state index contributed by atoms with van der Waals surface area (Å²) in [5.41, 5.74) is 3.68. The highest BCUT2D eigenvalue weighted by molar-refractivity contribution is 5.76. The molecule has 2 N–H and O–H groups in total. The summed E-state index contributed by atoms with van der Waals surface area (Å²) in [6.45, 7) is 5.59. The first-order chi connectivity index (χ1) is 10.7. The molecule has 0 aliphatic rings. The van der Waals surface area contributed by atoms with E-state index in [1.807, 2.05) is 49.4 Å². The number of benzene rings is 2. The van der Waals surface area contributed by atoms with Crippen LogP contribution in [-0.2, 0) is 11.3 Å². The molecule has 0 spiro atoms. The molecule has 0 heterocycles. The molecule has 0 fully saturated rings. The van der Waals surface area contributed by atoms with Gasteiger partial charge in [0.05, 0.1) is 6.04 Å². The van der Waals surface area contributed by atoms with E-state index in [0.29, 0.717) is 13.0 Å². The fourth-order valence-electron chi connectivity index (χ4n) is 2.37. The number of rotatable bonds is 7. The van der Waals surface area contributed by atoms with Crippen LogP contribution in [0.2, 0.25) is 0 Å². The van der Waals surface area contributed by atoms with Gasteiger partial charge in [-0.3, -0.25) is 4.79 Å². The summed E-state index contributed by atoms with van der Waals surface area (Å²) in [5.74, 6) is 0.0774.